The van der Waals surface area contributed by atoms with Crippen molar-refractivity contribution in [3.63, 3.8) is 0 Å². The highest BCUT2D eigenvalue weighted by Crippen LogP contribution is 2.31. The molecule has 16 heavy (non-hydrogen) atoms. The SMILES string of the molecule is O=C(Nc1c(Cl)cccc1Cl)C1CCSC1. The van der Waals surface area contributed by atoms with E-state index in [0.717, 1.165) is 17.9 Å². The van der Waals surface area contributed by atoms with Gasteiger partial charge in [-0.25, -0.2) is 0 Å². The van der Waals surface area contributed by atoms with Crippen LogP contribution >= 0.6 is 35.0 Å². The van der Waals surface area contributed by atoms with Gasteiger partial charge < -0.3 is 5.32 Å². The summed E-state index contributed by atoms with van der Waals surface area (Å²) in [7, 11) is 0. The Hall–Kier alpha value is -0.380. The molecule has 1 heterocycles. The molecule has 1 N–H and O–H groups in total. The van der Waals surface area contributed by atoms with Crippen LogP contribution in [0.4, 0.5) is 5.69 Å². The number of rotatable bonds is 2. The second-order valence-electron chi connectivity index (χ2n) is 3.65. The lowest BCUT2D eigenvalue weighted by molar-refractivity contribution is -0.119. The van der Waals surface area contributed by atoms with Crippen molar-refractivity contribution in [2.24, 2.45) is 5.92 Å². The Kier molecular flexibility index (Phi) is 4.00. The molecular weight excluding hydrogens is 265 g/mol. The first-order valence-corrected chi connectivity index (χ1v) is 6.92. The highest BCUT2D eigenvalue weighted by Gasteiger charge is 2.24. The van der Waals surface area contributed by atoms with Gasteiger partial charge in [-0.2, -0.15) is 11.8 Å². The number of thioether (sulfide) groups is 1. The van der Waals surface area contributed by atoms with E-state index in [1.54, 1.807) is 30.0 Å². The van der Waals surface area contributed by atoms with Crippen molar-refractivity contribution in [2.75, 3.05) is 16.8 Å². The third kappa shape index (κ3) is 2.65. The number of amides is 1. The Balaban J connectivity index is 2.11. The van der Waals surface area contributed by atoms with E-state index in [0.29, 0.717) is 15.7 Å². The molecule has 1 amide bonds. The zero-order chi connectivity index (χ0) is 11.5. The average molecular weight is 276 g/mol. The van der Waals surface area contributed by atoms with Crippen molar-refractivity contribution >= 4 is 46.6 Å². The van der Waals surface area contributed by atoms with Crippen LogP contribution in [0.25, 0.3) is 0 Å². The zero-order valence-corrected chi connectivity index (χ0v) is 10.8. The third-order valence-electron chi connectivity index (χ3n) is 2.51. The summed E-state index contributed by atoms with van der Waals surface area (Å²) in [6.45, 7) is 0. The van der Waals surface area contributed by atoms with E-state index in [1.807, 2.05) is 0 Å². The van der Waals surface area contributed by atoms with Crippen LogP contribution in [0, 0.1) is 5.92 Å². The molecule has 1 saturated heterocycles. The fourth-order valence-electron chi connectivity index (χ4n) is 1.58. The molecule has 1 aromatic carbocycles. The molecule has 1 fully saturated rings. The minimum atomic E-state index is 0.0139. The Bertz CT molecular complexity index is 385. The van der Waals surface area contributed by atoms with Crippen molar-refractivity contribution in [1.29, 1.82) is 0 Å². The van der Waals surface area contributed by atoms with E-state index in [-0.39, 0.29) is 11.8 Å². The Morgan fingerprint density at radius 1 is 1.38 bits per heavy atom. The highest BCUT2D eigenvalue weighted by molar-refractivity contribution is 7.99. The summed E-state index contributed by atoms with van der Waals surface area (Å²) in [5.41, 5.74) is 0.521. The number of benzene rings is 1. The topological polar surface area (TPSA) is 29.1 Å². The first kappa shape index (κ1) is 12.1. The molecule has 2 rings (SSSR count). The molecule has 0 aromatic heterocycles. The summed E-state index contributed by atoms with van der Waals surface area (Å²) >= 11 is 13.8. The van der Waals surface area contributed by atoms with Gasteiger partial charge in [-0.3, -0.25) is 4.79 Å². The fourth-order valence-corrected chi connectivity index (χ4v) is 3.30. The molecule has 0 spiro atoms. The van der Waals surface area contributed by atoms with Crippen LogP contribution in [0.2, 0.25) is 10.0 Å². The van der Waals surface area contributed by atoms with Crippen LogP contribution in [0.5, 0.6) is 0 Å². The van der Waals surface area contributed by atoms with Crippen LogP contribution < -0.4 is 5.32 Å². The third-order valence-corrected chi connectivity index (χ3v) is 4.30. The number of carbonyl (C=O) groups excluding carboxylic acids is 1. The van der Waals surface area contributed by atoms with Crippen molar-refractivity contribution in [3.8, 4) is 0 Å². The number of hydrogen-bond donors (Lipinski definition) is 1. The van der Waals surface area contributed by atoms with E-state index >= 15 is 0 Å². The molecule has 1 atom stereocenters. The molecule has 1 aromatic rings. The molecule has 0 radical (unpaired) electrons. The van der Waals surface area contributed by atoms with Gasteiger partial charge in [0, 0.05) is 11.7 Å². The molecule has 1 aliphatic heterocycles. The van der Waals surface area contributed by atoms with E-state index < -0.39 is 0 Å². The van der Waals surface area contributed by atoms with E-state index in [2.05, 4.69) is 5.32 Å². The largest absolute Gasteiger partial charge is 0.323 e. The predicted molar refractivity (Wildman–Crippen MR) is 70.5 cm³/mol. The zero-order valence-electron chi connectivity index (χ0n) is 8.50. The van der Waals surface area contributed by atoms with Gasteiger partial charge in [0.1, 0.15) is 0 Å². The standard InChI is InChI=1S/C11H11Cl2NOS/c12-8-2-1-3-9(13)10(8)14-11(15)7-4-5-16-6-7/h1-3,7H,4-6H2,(H,14,15). The van der Waals surface area contributed by atoms with Crippen LogP contribution in [0.3, 0.4) is 0 Å². The molecule has 86 valence electrons. The Morgan fingerprint density at radius 3 is 2.62 bits per heavy atom. The number of halogens is 2. The van der Waals surface area contributed by atoms with Gasteiger partial charge in [-0.1, -0.05) is 29.3 Å². The van der Waals surface area contributed by atoms with Crippen LogP contribution in [-0.2, 0) is 4.79 Å². The van der Waals surface area contributed by atoms with Gasteiger partial charge in [0.2, 0.25) is 5.91 Å². The first-order chi connectivity index (χ1) is 7.68. The van der Waals surface area contributed by atoms with Crippen LogP contribution in [0.15, 0.2) is 18.2 Å². The molecule has 0 aliphatic carbocycles. The maximum Gasteiger partial charge on any atom is 0.228 e. The highest BCUT2D eigenvalue weighted by atomic mass is 35.5. The Labute approximate surface area is 109 Å². The van der Waals surface area contributed by atoms with Crippen molar-refractivity contribution in [2.45, 2.75) is 6.42 Å². The van der Waals surface area contributed by atoms with Crippen molar-refractivity contribution in [1.82, 2.24) is 0 Å². The first-order valence-electron chi connectivity index (χ1n) is 5.01. The number of anilines is 1. The molecule has 1 unspecified atom stereocenters. The lowest BCUT2D eigenvalue weighted by Gasteiger charge is -2.12. The summed E-state index contributed by atoms with van der Waals surface area (Å²) in [6.07, 6.45) is 0.929. The van der Waals surface area contributed by atoms with Gasteiger partial charge in [-0.05, 0) is 24.3 Å². The lowest BCUT2D eigenvalue weighted by Crippen LogP contribution is -2.22. The van der Waals surface area contributed by atoms with Crippen molar-refractivity contribution in [3.05, 3.63) is 28.2 Å². The second-order valence-corrected chi connectivity index (χ2v) is 5.61. The maximum atomic E-state index is 11.9. The molecule has 0 saturated carbocycles. The minimum absolute atomic E-state index is 0.0139. The van der Waals surface area contributed by atoms with Gasteiger partial charge in [0.15, 0.2) is 0 Å². The van der Waals surface area contributed by atoms with Gasteiger partial charge in [0.25, 0.3) is 0 Å². The maximum absolute atomic E-state index is 11.9. The quantitative estimate of drug-likeness (QED) is 0.892. The molecule has 1 aliphatic rings. The molecule has 5 heteroatoms. The number of hydrogen-bond acceptors (Lipinski definition) is 2. The molecule has 0 bridgehead atoms. The summed E-state index contributed by atoms with van der Waals surface area (Å²) in [5.74, 6) is 2.03. The van der Waals surface area contributed by atoms with E-state index in [4.69, 9.17) is 23.2 Å². The monoisotopic (exact) mass is 275 g/mol. The summed E-state index contributed by atoms with van der Waals surface area (Å²) < 4.78 is 0. The summed E-state index contributed by atoms with van der Waals surface area (Å²) in [6, 6.07) is 5.19. The number of para-hydroxylation sites is 1. The molecular formula is C11H11Cl2NOS. The second kappa shape index (κ2) is 5.30. The van der Waals surface area contributed by atoms with Gasteiger partial charge in [-0.15, -0.1) is 0 Å². The van der Waals surface area contributed by atoms with Crippen molar-refractivity contribution < 1.29 is 4.79 Å². The van der Waals surface area contributed by atoms with Gasteiger partial charge >= 0.3 is 0 Å². The lowest BCUT2D eigenvalue weighted by atomic mass is 10.1. The summed E-state index contributed by atoms with van der Waals surface area (Å²) in [5, 5.41) is 3.76. The smallest absolute Gasteiger partial charge is 0.228 e. The predicted octanol–water partition coefficient (Wildman–Crippen LogP) is 3.69. The minimum Gasteiger partial charge on any atom is -0.323 e. The van der Waals surface area contributed by atoms with E-state index in [1.165, 1.54) is 0 Å². The molecule has 2 nitrogen and oxygen atoms in total. The fraction of sp³-hybridized carbons (Fsp3) is 0.364. The van der Waals surface area contributed by atoms with E-state index in [9.17, 15) is 4.79 Å². The van der Waals surface area contributed by atoms with Crippen LogP contribution in [0.1, 0.15) is 6.42 Å². The number of carbonyl (C=O) groups is 1. The Morgan fingerprint density at radius 2 is 2.06 bits per heavy atom. The van der Waals surface area contributed by atoms with Crippen LogP contribution in [-0.4, -0.2) is 17.4 Å². The normalized spacial score (nSPS) is 19.8. The summed E-state index contributed by atoms with van der Waals surface area (Å²) in [4.78, 5) is 11.9. The average Bonchev–Trinajstić information content (AvgIpc) is 2.76. The number of nitrogens with one attached hydrogen (secondary N) is 1. The van der Waals surface area contributed by atoms with Gasteiger partial charge in [0.05, 0.1) is 15.7 Å².